The van der Waals surface area contributed by atoms with Crippen LogP contribution in [0.25, 0.3) is 0 Å². The van der Waals surface area contributed by atoms with E-state index in [0.29, 0.717) is 33.4 Å². The molecule has 4 aromatic carbocycles. The monoisotopic (exact) mass is 855 g/mol. The molecule has 0 spiro atoms. The van der Waals surface area contributed by atoms with Crippen molar-refractivity contribution < 1.29 is 14.2 Å². The van der Waals surface area contributed by atoms with Crippen LogP contribution in [0.5, 0.6) is 0 Å². The Bertz CT molecular complexity index is 2730. The fourth-order valence-corrected chi connectivity index (χ4v) is 6.54. The smallest absolute Gasteiger partial charge is 0.108 e. The molecule has 7 rings (SSSR count). The van der Waals surface area contributed by atoms with E-state index in [1.165, 1.54) is 0 Å². The van der Waals surface area contributed by atoms with Crippen LogP contribution in [0, 0.1) is 71.0 Å². The number of benzene rings is 4. The SMILES string of the molecule is C[C@H](OCC#Cc1c(C#Cc2ccncc2)c(C#CCO[C@@H](C)c2ccccc2)c(C#Cc2ccncc2)c(C#CCO[C@@H](C)c2ccccc2)c1C#Cc1ccncc1)c1ccccc1. The zero-order valence-electron chi connectivity index (χ0n) is 37.0. The van der Waals surface area contributed by atoms with Gasteiger partial charge in [0.05, 0.1) is 51.7 Å². The van der Waals surface area contributed by atoms with E-state index < -0.39 is 0 Å². The molecule has 0 radical (unpaired) electrons. The molecule has 7 aromatic rings. The van der Waals surface area contributed by atoms with Gasteiger partial charge in [-0.05, 0) is 73.9 Å². The Hall–Kier alpha value is -8.43. The number of pyridine rings is 3. The van der Waals surface area contributed by atoms with E-state index in [1.54, 1.807) is 37.2 Å². The second-order valence-corrected chi connectivity index (χ2v) is 14.7. The van der Waals surface area contributed by atoms with Gasteiger partial charge in [-0.1, -0.05) is 162 Å². The Balaban J connectivity index is 1.47. The Labute approximate surface area is 388 Å². The second kappa shape index (κ2) is 24.4. The van der Waals surface area contributed by atoms with Crippen molar-refractivity contribution in [3.63, 3.8) is 0 Å². The Morgan fingerprint density at radius 2 is 0.561 bits per heavy atom. The van der Waals surface area contributed by atoms with Gasteiger partial charge in [0.1, 0.15) is 19.8 Å². The average molecular weight is 856 g/mol. The normalized spacial score (nSPS) is 11.3. The summed E-state index contributed by atoms with van der Waals surface area (Å²) in [7, 11) is 0. The summed E-state index contributed by atoms with van der Waals surface area (Å²) < 4.78 is 18.8. The molecule has 0 aliphatic rings. The van der Waals surface area contributed by atoms with Crippen LogP contribution in [-0.4, -0.2) is 34.8 Å². The first-order valence-corrected chi connectivity index (χ1v) is 21.5. The lowest BCUT2D eigenvalue weighted by Crippen LogP contribution is -2.06. The summed E-state index contributed by atoms with van der Waals surface area (Å²) in [4.78, 5) is 12.6. The molecular formula is C60H45N3O3. The van der Waals surface area contributed by atoms with Crippen molar-refractivity contribution in [1.82, 2.24) is 15.0 Å². The van der Waals surface area contributed by atoms with Crippen LogP contribution in [0.4, 0.5) is 0 Å². The summed E-state index contributed by atoms with van der Waals surface area (Å²) >= 11 is 0. The maximum atomic E-state index is 6.26. The molecule has 6 heteroatoms. The fourth-order valence-electron chi connectivity index (χ4n) is 6.54. The lowest BCUT2D eigenvalue weighted by molar-refractivity contribution is 0.0925. The number of aromatic nitrogens is 3. The number of hydrogen-bond donors (Lipinski definition) is 0. The zero-order valence-corrected chi connectivity index (χ0v) is 37.0. The van der Waals surface area contributed by atoms with Gasteiger partial charge in [-0.25, -0.2) is 0 Å². The number of rotatable bonds is 9. The molecule has 3 aromatic heterocycles. The highest BCUT2D eigenvalue weighted by Crippen LogP contribution is 2.28. The van der Waals surface area contributed by atoms with Crippen molar-refractivity contribution in [2.45, 2.75) is 39.1 Å². The largest absolute Gasteiger partial charge is 0.361 e. The molecule has 6 nitrogen and oxygen atoms in total. The zero-order chi connectivity index (χ0) is 45.6. The summed E-state index contributed by atoms with van der Waals surface area (Å²) in [5.74, 6) is 40.6. The van der Waals surface area contributed by atoms with Gasteiger partial charge >= 0.3 is 0 Å². The van der Waals surface area contributed by atoms with Gasteiger partial charge in [0.15, 0.2) is 0 Å². The molecule has 0 saturated carbocycles. The van der Waals surface area contributed by atoms with E-state index in [9.17, 15) is 0 Å². The van der Waals surface area contributed by atoms with E-state index in [0.717, 1.165) is 33.4 Å². The summed E-state index contributed by atoms with van der Waals surface area (Å²) in [6.07, 6.45) is 9.67. The van der Waals surface area contributed by atoms with Gasteiger partial charge in [0.2, 0.25) is 0 Å². The maximum absolute atomic E-state index is 6.26. The van der Waals surface area contributed by atoms with Crippen molar-refractivity contribution in [2.75, 3.05) is 19.8 Å². The van der Waals surface area contributed by atoms with Crippen LogP contribution in [0.15, 0.2) is 165 Å². The number of hydrogen-bond acceptors (Lipinski definition) is 6. The summed E-state index contributed by atoms with van der Waals surface area (Å²) in [6.45, 7) is 6.42. The third kappa shape index (κ3) is 13.3. The molecule has 0 bridgehead atoms. The molecule has 0 N–H and O–H groups in total. The first-order valence-electron chi connectivity index (χ1n) is 21.5. The van der Waals surface area contributed by atoms with Gasteiger partial charge in [-0.3, -0.25) is 15.0 Å². The van der Waals surface area contributed by atoms with Crippen molar-refractivity contribution >= 4 is 0 Å². The molecule has 3 heterocycles. The topological polar surface area (TPSA) is 66.4 Å². The predicted molar refractivity (Wildman–Crippen MR) is 260 cm³/mol. The maximum Gasteiger partial charge on any atom is 0.108 e. The molecular weight excluding hydrogens is 811 g/mol. The first kappa shape index (κ1) is 45.6. The molecule has 0 amide bonds. The highest BCUT2D eigenvalue weighted by Gasteiger charge is 2.20. The van der Waals surface area contributed by atoms with E-state index in [1.807, 2.05) is 148 Å². The van der Waals surface area contributed by atoms with Crippen LogP contribution in [0.1, 0.15) is 106 Å². The van der Waals surface area contributed by atoms with E-state index in [2.05, 4.69) is 86.0 Å². The standard InChI is InChI=1S/C60H45N3O3/c1-46(52-16-7-4-8-17-52)64-43-13-22-55-58(28-25-49-31-37-61-38-32-49)56(23-14-44-65-47(2)53-18-9-5-10-19-53)60(30-27-51-35-41-63-42-36-51)57(59(55)29-26-50-33-39-62-40-34-50)24-15-45-66-48(3)54-20-11-6-12-21-54/h4-12,16-21,31-42,46-48H,43-45H2,1-3H3/t46-,47-,48-/m0/s1. The summed E-state index contributed by atoms with van der Waals surface area (Å²) in [6, 6.07) is 41.2. The lowest BCUT2D eigenvalue weighted by atomic mass is 9.86. The molecule has 0 unspecified atom stereocenters. The fraction of sp³-hybridized carbons (Fsp3) is 0.150. The average Bonchev–Trinajstić information content (AvgIpc) is 3.38. The third-order valence-electron chi connectivity index (χ3n) is 10.2. The minimum Gasteiger partial charge on any atom is -0.361 e. The molecule has 66 heavy (non-hydrogen) atoms. The molecule has 318 valence electrons. The summed E-state index contributed by atoms with van der Waals surface area (Å²) in [5, 5.41) is 0. The van der Waals surface area contributed by atoms with Crippen molar-refractivity contribution in [2.24, 2.45) is 0 Å². The van der Waals surface area contributed by atoms with Crippen molar-refractivity contribution in [3.05, 3.63) is 231 Å². The van der Waals surface area contributed by atoms with Crippen molar-refractivity contribution in [3.8, 4) is 71.0 Å². The molecule has 0 aliphatic carbocycles. The third-order valence-corrected chi connectivity index (χ3v) is 10.2. The van der Waals surface area contributed by atoms with Crippen LogP contribution in [0.2, 0.25) is 0 Å². The quantitative estimate of drug-likeness (QED) is 0.135. The van der Waals surface area contributed by atoms with Gasteiger partial charge in [-0.2, -0.15) is 0 Å². The second-order valence-electron chi connectivity index (χ2n) is 14.7. The minimum absolute atomic E-state index is 0.132. The molecule has 0 fully saturated rings. The van der Waals surface area contributed by atoms with Crippen LogP contribution in [-0.2, 0) is 14.2 Å². The first-order chi connectivity index (χ1) is 32.5. The number of ether oxygens (including phenoxy) is 3. The van der Waals surface area contributed by atoms with Crippen LogP contribution >= 0.6 is 0 Å². The van der Waals surface area contributed by atoms with Gasteiger partial charge in [0.25, 0.3) is 0 Å². The highest BCUT2D eigenvalue weighted by molar-refractivity contribution is 5.77. The minimum atomic E-state index is -0.192. The van der Waals surface area contributed by atoms with Gasteiger partial charge < -0.3 is 14.2 Å². The van der Waals surface area contributed by atoms with Crippen LogP contribution < -0.4 is 0 Å². The Morgan fingerprint density at radius 1 is 0.318 bits per heavy atom. The summed E-state index contributed by atoms with van der Waals surface area (Å²) in [5.41, 5.74) is 8.63. The Kier molecular flexibility index (Phi) is 16.9. The van der Waals surface area contributed by atoms with Crippen molar-refractivity contribution in [1.29, 1.82) is 0 Å². The Morgan fingerprint density at radius 3 is 0.818 bits per heavy atom. The molecule has 3 atom stereocenters. The van der Waals surface area contributed by atoms with Gasteiger partial charge in [-0.15, -0.1) is 0 Å². The highest BCUT2D eigenvalue weighted by atomic mass is 16.5. The number of nitrogens with zero attached hydrogens (tertiary/aromatic N) is 3. The molecule has 0 saturated heterocycles. The predicted octanol–water partition coefficient (Wildman–Crippen LogP) is 10.5. The van der Waals surface area contributed by atoms with E-state index in [4.69, 9.17) is 14.2 Å². The van der Waals surface area contributed by atoms with E-state index in [-0.39, 0.29) is 38.1 Å². The van der Waals surface area contributed by atoms with E-state index >= 15 is 0 Å². The molecule has 0 aliphatic heterocycles. The lowest BCUT2D eigenvalue weighted by Gasteiger charge is -2.14. The van der Waals surface area contributed by atoms with Gasteiger partial charge in [0, 0.05) is 53.9 Å². The van der Waals surface area contributed by atoms with Crippen LogP contribution in [0.3, 0.4) is 0 Å².